The number of rotatable bonds is 4. The lowest BCUT2D eigenvalue weighted by Gasteiger charge is -2.15. The third-order valence-corrected chi connectivity index (χ3v) is 4.44. The van der Waals surface area contributed by atoms with E-state index in [1.807, 2.05) is 36.0 Å². The van der Waals surface area contributed by atoms with Crippen molar-refractivity contribution in [3.63, 3.8) is 0 Å². The van der Waals surface area contributed by atoms with Gasteiger partial charge in [0.1, 0.15) is 5.82 Å². The van der Waals surface area contributed by atoms with E-state index >= 15 is 0 Å². The van der Waals surface area contributed by atoms with Crippen LogP contribution in [0, 0.1) is 0 Å². The van der Waals surface area contributed by atoms with Crippen molar-refractivity contribution in [3.05, 3.63) is 41.1 Å². The molecule has 2 aromatic heterocycles. The van der Waals surface area contributed by atoms with Gasteiger partial charge in [-0.05, 0) is 37.5 Å². The number of nitrogens with zero attached hydrogens (tertiary/aromatic N) is 2. The first kappa shape index (κ1) is 13.9. The molecule has 0 spiro atoms. The summed E-state index contributed by atoms with van der Waals surface area (Å²) in [6.45, 7) is 0. The van der Waals surface area contributed by atoms with Crippen molar-refractivity contribution in [2.75, 3.05) is 10.6 Å². The van der Waals surface area contributed by atoms with Gasteiger partial charge in [0.05, 0.1) is 17.2 Å². The van der Waals surface area contributed by atoms with Crippen molar-refractivity contribution in [3.8, 4) is 0 Å². The highest BCUT2D eigenvalue weighted by Crippen LogP contribution is 2.26. The molecule has 1 fully saturated rings. The highest BCUT2D eigenvalue weighted by atomic mass is 16.1. The Morgan fingerprint density at radius 3 is 2.83 bits per heavy atom. The van der Waals surface area contributed by atoms with Crippen molar-refractivity contribution in [1.29, 1.82) is 0 Å². The van der Waals surface area contributed by atoms with E-state index in [0.717, 1.165) is 36.3 Å². The summed E-state index contributed by atoms with van der Waals surface area (Å²) >= 11 is 0. The fraction of sp³-hybridized carbons (Fsp3) is 0.375. The molecule has 0 saturated heterocycles. The van der Waals surface area contributed by atoms with Crippen molar-refractivity contribution in [1.82, 2.24) is 19.7 Å². The lowest BCUT2D eigenvalue weighted by molar-refractivity contribution is 0.723. The van der Waals surface area contributed by atoms with Crippen molar-refractivity contribution in [2.24, 2.45) is 7.05 Å². The van der Waals surface area contributed by atoms with Gasteiger partial charge in [-0.3, -0.25) is 15.0 Å². The number of aromatic nitrogens is 4. The van der Waals surface area contributed by atoms with Gasteiger partial charge in [0.15, 0.2) is 0 Å². The average molecular weight is 312 g/mol. The summed E-state index contributed by atoms with van der Waals surface area (Å²) in [5, 5.41) is 13.2. The molecular weight excluding hydrogens is 292 g/mol. The maximum Gasteiger partial charge on any atom is 0.271 e. The van der Waals surface area contributed by atoms with Gasteiger partial charge in [0, 0.05) is 31.0 Å². The first-order valence-electron chi connectivity index (χ1n) is 7.89. The van der Waals surface area contributed by atoms with E-state index in [1.54, 1.807) is 6.33 Å². The second-order valence-corrected chi connectivity index (χ2v) is 6.26. The summed E-state index contributed by atoms with van der Waals surface area (Å²) in [5.74, 6) is 0.935. The molecule has 2 heterocycles. The van der Waals surface area contributed by atoms with Crippen LogP contribution >= 0.6 is 0 Å². The van der Waals surface area contributed by atoms with Crippen LogP contribution in [0.25, 0.3) is 10.9 Å². The molecule has 23 heavy (non-hydrogen) atoms. The van der Waals surface area contributed by atoms with Crippen molar-refractivity contribution < 1.29 is 0 Å². The maximum atomic E-state index is 11.5. The fourth-order valence-corrected chi connectivity index (χ4v) is 3.30. The zero-order chi connectivity index (χ0) is 15.8. The normalized spacial score (nSPS) is 20.9. The topological polar surface area (TPSA) is 90.5 Å². The number of H-pyrrole nitrogens is 2. The lowest BCUT2D eigenvalue weighted by Crippen LogP contribution is -2.20. The minimum absolute atomic E-state index is 0.0768. The molecule has 1 aliphatic rings. The minimum Gasteiger partial charge on any atom is -0.382 e. The molecule has 0 radical (unpaired) electrons. The number of anilines is 2. The highest BCUT2D eigenvalue weighted by molar-refractivity contribution is 5.81. The summed E-state index contributed by atoms with van der Waals surface area (Å²) < 4.78 is 1.94. The monoisotopic (exact) mass is 312 g/mol. The molecule has 0 bridgehead atoms. The average Bonchev–Trinajstić information content (AvgIpc) is 3.23. The van der Waals surface area contributed by atoms with Crippen LogP contribution in [0.2, 0.25) is 0 Å². The Kier molecular flexibility index (Phi) is 3.33. The summed E-state index contributed by atoms with van der Waals surface area (Å²) in [7, 11) is 1.97. The Hall–Kier alpha value is -2.70. The number of aromatic amines is 2. The van der Waals surface area contributed by atoms with Crippen LogP contribution in [-0.4, -0.2) is 31.8 Å². The Morgan fingerprint density at radius 1 is 1.22 bits per heavy atom. The summed E-state index contributed by atoms with van der Waals surface area (Å²) in [6, 6.07) is 6.67. The second-order valence-electron chi connectivity index (χ2n) is 6.26. The van der Waals surface area contributed by atoms with Crippen LogP contribution in [0.15, 0.2) is 35.5 Å². The number of aryl methyl sites for hydroxylation is 1. The Morgan fingerprint density at radius 2 is 2.04 bits per heavy atom. The largest absolute Gasteiger partial charge is 0.382 e. The van der Waals surface area contributed by atoms with Crippen LogP contribution in [0.1, 0.15) is 19.3 Å². The second kappa shape index (κ2) is 5.49. The van der Waals surface area contributed by atoms with E-state index in [-0.39, 0.29) is 5.56 Å². The predicted molar refractivity (Wildman–Crippen MR) is 90.8 cm³/mol. The molecule has 1 saturated carbocycles. The summed E-state index contributed by atoms with van der Waals surface area (Å²) in [5.41, 5.74) is 1.80. The Labute approximate surface area is 133 Å². The van der Waals surface area contributed by atoms with E-state index in [4.69, 9.17) is 0 Å². The molecule has 0 aliphatic heterocycles. The Balaban J connectivity index is 1.40. The van der Waals surface area contributed by atoms with Crippen molar-refractivity contribution in [2.45, 2.75) is 31.3 Å². The maximum absolute atomic E-state index is 11.5. The van der Waals surface area contributed by atoms with E-state index < -0.39 is 0 Å². The zero-order valence-corrected chi connectivity index (χ0v) is 13.0. The number of hydrogen-bond donors (Lipinski definition) is 4. The highest BCUT2D eigenvalue weighted by Gasteiger charge is 2.25. The summed E-state index contributed by atoms with van der Waals surface area (Å²) in [6.07, 6.45) is 7.10. The van der Waals surface area contributed by atoms with Gasteiger partial charge in [0.2, 0.25) is 0 Å². The molecule has 1 aliphatic carbocycles. The number of nitrogens with one attached hydrogen (secondary N) is 4. The molecule has 4 N–H and O–H groups in total. The molecule has 7 nitrogen and oxygen atoms in total. The molecule has 0 amide bonds. The first-order valence-corrected chi connectivity index (χ1v) is 7.89. The molecule has 120 valence electrons. The van der Waals surface area contributed by atoms with E-state index in [1.165, 1.54) is 0 Å². The van der Waals surface area contributed by atoms with Crippen molar-refractivity contribution >= 4 is 22.4 Å². The van der Waals surface area contributed by atoms with Crippen LogP contribution in [0.3, 0.4) is 0 Å². The Bertz CT molecular complexity index is 876. The van der Waals surface area contributed by atoms with E-state index in [0.29, 0.717) is 17.5 Å². The molecule has 3 aromatic rings. The third kappa shape index (κ3) is 2.81. The van der Waals surface area contributed by atoms with Crippen LogP contribution < -0.4 is 16.2 Å². The molecular formula is C16H20N6O. The molecule has 2 unspecified atom stereocenters. The van der Waals surface area contributed by atoms with Gasteiger partial charge in [0.25, 0.3) is 5.56 Å². The third-order valence-electron chi connectivity index (χ3n) is 4.44. The van der Waals surface area contributed by atoms with E-state index in [9.17, 15) is 4.79 Å². The van der Waals surface area contributed by atoms with Gasteiger partial charge in [-0.25, -0.2) is 4.98 Å². The zero-order valence-electron chi connectivity index (χ0n) is 13.0. The van der Waals surface area contributed by atoms with Crippen LogP contribution in [-0.2, 0) is 7.05 Å². The van der Waals surface area contributed by atoms with Gasteiger partial charge in [-0.1, -0.05) is 0 Å². The summed E-state index contributed by atoms with van der Waals surface area (Å²) in [4.78, 5) is 15.8. The quantitative estimate of drug-likeness (QED) is 0.593. The predicted octanol–water partition coefficient (Wildman–Crippen LogP) is 2.03. The fourth-order valence-electron chi connectivity index (χ4n) is 3.30. The van der Waals surface area contributed by atoms with Crippen LogP contribution in [0.5, 0.6) is 0 Å². The first-order chi connectivity index (χ1) is 11.2. The van der Waals surface area contributed by atoms with Crippen LogP contribution in [0.4, 0.5) is 11.5 Å². The smallest absolute Gasteiger partial charge is 0.271 e. The molecule has 7 heteroatoms. The van der Waals surface area contributed by atoms with Gasteiger partial charge >= 0.3 is 0 Å². The number of hydrogen-bond acceptors (Lipinski definition) is 4. The minimum atomic E-state index is -0.0768. The molecule has 4 rings (SSSR count). The standard InChI is InChI=1S/C16H20N6O/c1-22-8-15(17-9-22)19-11-3-2-10(6-11)18-12-4-5-13-14(7-12)20-21-16(13)23/h4-5,7-11,18-19H,2-3,6H2,1H3,(H2,20,21,23). The van der Waals surface area contributed by atoms with Gasteiger partial charge < -0.3 is 15.2 Å². The molecule has 1 aromatic carbocycles. The SMILES string of the molecule is Cn1cnc(NC2CCC(Nc3ccc4c(=O)[nH][nH]c4c3)C2)c1. The number of benzene rings is 1. The number of fused-ring (bicyclic) bond motifs is 1. The number of imidazole rings is 1. The van der Waals surface area contributed by atoms with E-state index in [2.05, 4.69) is 25.8 Å². The lowest BCUT2D eigenvalue weighted by atomic mass is 10.2. The molecule has 2 atom stereocenters. The van der Waals surface area contributed by atoms with Gasteiger partial charge in [-0.2, -0.15) is 0 Å². The van der Waals surface area contributed by atoms with Gasteiger partial charge in [-0.15, -0.1) is 0 Å².